The van der Waals surface area contributed by atoms with E-state index < -0.39 is 23.6 Å². The number of phenolic OH excluding ortho intramolecular Hbond substituents is 2. The molecule has 0 aliphatic rings. The molecule has 1 atom stereocenters. The number of aliphatic carboxylic acids is 1. The Labute approximate surface area is 73.5 Å². The van der Waals surface area contributed by atoms with Gasteiger partial charge in [0.15, 0.2) is 17.6 Å². The Kier molecular flexibility index (Phi) is 2.39. The molecular weight excluding hydrogens is 176 g/mol. The van der Waals surface area contributed by atoms with E-state index in [2.05, 4.69) is 0 Å². The van der Waals surface area contributed by atoms with E-state index in [4.69, 9.17) is 20.4 Å². The van der Waals surface area contributed by atoms with Crippen molar-refractivity contribution in [2.45, 2.75) is 6.10 Å². The zero-order valence-corrected chi connectivity index (χ0v) is 6.51. The van der Waals surface area contributed by atoms with Crippen LogP contribution in [0.2, 0.25) is 0 Å². The maximum absolute atomic E-state index is 10.3. The summed E-state index contributed by atoms with van der Waals surface area (Å²) in [6.07, 6.45) is -1.83. The maximum atomic E-state index is 10.3. The number of carbonyl (C=O) groups is 1. The predicted octanol–water partition coefficient (Wildman–Crippen LogP) is 0.216. The number of rotatable bonds is 2. The molecule has 0 heterocycles. The minimum Gasteiger partial charge on any atom is -0.504 e. The number of benzene rings is 1. The monoisotopic (exact) mass is 184 g/mol. The highest BCUT2D eigenvalue weighted by atomic mass is 16.4. The number of aliphatic hydroxyl groups excluding tert-OH is 1. The molecule has 70 valence electrons. The van der Waals surface area contributed by atoms with Crippen LogP contribution in [0, 0.1) is 0 Å². The van der Waals surface area contributed by atoms with Gasteiger partial charge in [-0.25, -0.2) is 4.79 Å². The Hall–Kier alpha value is -1.75. The van der Waals surface area contributed by atoms with Gasteiger partial charge in [0, 0.05) is 5.56 Å². The standard InChI is InChI=1S/C8H8O5/c9-5-3-1-2-4(6(5)10)7(11)8(12)13/h1-3,7,9-11H,(H,12,13). The minimum absolute atomic E-state index is 0.229. The van der Waals surface area contributed by atoms with Gasteiger partial charge in [0.05, 0.1) is 0 Å². The topological polar surface area (TPSA) is 98.0 Å². The highest BCUT2D eigenvalue weighted by Gasteiger charge is 2.20. The lowest BCUT2D eigenvalue weighted by molar-refractivity contribution is -0.147. The van der Waals surface area contributed by atoms with Crippen LogP contribution in [0.15, 0.2) is 18.2 Å². The molecule has 0 saturated heterocycles. The van der Waals surface area contributed by atoms with Crippen molar-refractivity contribution in [2.75, 3.05) is 0 Å². The van der Waals surface area contributed by atoms with Crippen LogP contribution in [-0.4, -0.2) is 26.4 Å². The van der Waals surface area contributed by atoms with E-state index in [-0.39, 0.29) is 5.56 Å². The highest BCUT2D eigenvalue weighted by molar-refractivity contribution is 5.75. The van der Waals surface area contributed by atoms with E-state index in [0.717, 1.165) is 0 Å². The van der Waals surface area contributed by atoms with Crippen molar-refractivity contribution >= 4 is 5.97 Å². The number of carboxylic acid groups (broad SMARTS) is 1. The molecule has 0 aliphatic carbocycles. The number of phenols is 2. The lowest BCUT2D eigenvalue weighted by atomic mass is 10.1. The van der Waals surface area contributed by atoms with E-state index in [1.54, 1.807) is 0 Å². The second-order valence-corrected chi connectivity index (χ2v) is 2.46. The molecule has 1 unspecified atom stereocenters. The first kappa shape index (κ1) is 9.34. The molecular formula is C8H8O5. The molecule has 0 saturated carbocycles. The smallest absolute Gasteiger partial charge is 0.337 e. The van der Waals surface area contributed by atoms with E-state index in [9.17, 15) is 4.79 Å². The Morgan fingerprint density at radius 2 is 1.92 bits per heavy atom. The number of aliphatic hydroxyl groups is 1. The number of aromatic hydroxyl groups is 2. The van der Waals surface area contributed by atoms with Gasteiger partial charge in [-0.3, -0.25) is 0 Å². The van der Waals surface area contributed by atoms with E-state index in [0.29, 0.717) is 0 Å². The summed E-state index contributed by atoms with van der Waals surface area (Å²) >= 11 is 0. The van der Waals surface area contributed by atoms with Crippen LogP contribution in [-0.2, 0) is 4.79 Å². The van der Waals surface area contributed by atoms with Crippen molar-refractivity contribution < 1.29 is 25.2 Å². The summed E-state index contributed by atoms with van der Waals surface area (Å²) in [6, 6.07) is 3.73. The van der Waals surface area contributed by atoms with Gasteiger partial charge in [-0.2, -0.15) is 0 Å². The molecule has 0 aliphatic heterocycles. The van der Waals surface area contributed by atoms with Crippen LogP contribution >= 0.6 is 0 Å². The van der Waals surface area contributed by atoms with E-state index in [1.807, 2.05) is 0 Å². The third-order valence-electron chi connectivity index (χ3n) is 1.57. The number of carboxylic acids is 1. The first-order valence-corrected chi connectivity index (χ1v) is 3.45. The fourth-order valence-electron chi connectivity index (χ4n) is 0.902. The lowest BCUT2D eigenvalue weighted by Crippen LogP contribution is -2.10. The molecule has 0 spiro atoms. The van der Waals surface area contributed by atoms with Crippen molar-refractivity contribution in [2.24, 2.45) is 0 Å². The highest BCUT2D eigenvalue weighted by Crippen LogP contribution is 2.32. The zero-order chi connectivity index (χ0) is 10.0. The zero-order valence-electron chi connectivity index (χ0n) is 6.51. The largest absolute Gasteiger partial charge is 0.504 e. The summed E-state index contributed by atoms with van der Waals surface area (Å²) in [6.45, 7) is 0. The van der Waals surface area contributed by atoms with Gasteiger partial charge < -0.3 is 20.4 Å². The molecule has 1 aromatic carbocycles. The summed E-state index contributed by atoms with van der Waals surface area (Å²) in [5.74, 6) is -2.56. The van der Waals surface area contributed by atoms with Crippen LogP contribution < -0.4 is 0 Å². The van der Waals surface area contributed by atoms with Crippen molar-refractivity contribution in [3.8, 4) is 11.5 Å². The number of para-hydroxylation sites is 1. The van der Waals surface area contributed by atoms with Crippen LogP contribution in [0.3, 0.4) is 0 Å². The first-order valence-electron chi connectivity index (χ1n) is 3.45. The van der Waals surface area contributed by atoms with Crippen molar-refractivity contribution in [3.63, 3.8) is 0 Å². The molecule has 0 radical (unpaired) electrons. The summed E-state index contributed by atoms with van der Waals surface area (Å²) in [5, 5.41) is 35.6. The summed E-state index contributed by atoms with van der Waals surface area (Å²) in [4.78, 5) is 10.3. The third kappa shape index (κ3) is 1.70. The Bertz CT molecular complexity index is 333. The van der Waals surface area contributed by atoms with Gasteiger partial charge in [0.1, 0.15) is 0 Å². The van der Waals surface area contributed by atoms with Gasteiger partial charge in [-0.15, -0.1) is 0 Å². The van der Waals surface area contributed by atoms with Crippen LogP contribution in [0.1, 0.15) is 11.7 Å². The van der Waals surface area contributed by atoms with E-state index in [1.165, 1.54) is 18.2 Å². The average Bonchev–Trinajstić information content (AvgIpc) is 2.08. The van der Waals surface area contributed by atoms with Gasteiger partial charge >= 0.3 is 5.97 Å². The average molecular weight is 184 g/mol. The number of hydrogen-bond donors (Lipinski definition) is 4. The molecule has 5 nitrogen and oxygen atoms in total. The quantitative estimate of drug-likeness (QED) is 0.493. The SMILES string of the molecule is O=C(O)C(O)c1cccc(O)c1O. The second-order valence-electron chi connectivity index (χ2n) is 2.46. The van der Waals surface area contributed by atoms with Gasteiger partial charge in [0.25, 0.3) is 0 Å². The molecule has 1 aromatic rings. The normalized spacial score (nSPS) is 12.4. The molecule has 0 aromatic heterocycles. The molecule has 13 heavy (non-hydrogen) atoms. The molecule has 4 N–H and O–H groups in total. The molecule has 0 amide bonds. The number of hydrogen-bond acceptors (Lipinski definition) is 4. The fraction of sp³-hybridized carbons (Fsp3) is 0.125. The summed E-state index contributed by atoms with van der Waals surface area (Å²) in [5.41, 5.74) is -0.229. The maximum Gasteiger partial charge on any atom is 0.337 e. The Morgan fingerprint density at radius 1 is 1.31 bits per heavy atom. The molecule has 0 bridgehead atoms. The summed E-state index contributed by atoms with van der Waals surface area (Å²) < 4.78 is 0. The van der Waals surface area contributed by atoms with Crippen molar-refractivity contribution in [3.05, 3.63) is 23.8 Å². The van der Waals surface area contributed by atoms with Crippen LogP contribution in [0.25, 0.3) is 0 Å². The molecule has 5 heteroatoms. The van der Waals surface area contributed by atoms with Gasteiger partial charge in [-0.1, -0.05) is 12.1 Å². The summed E-state index contributed by atoms with van der Waals surface area (Å²) in [7, 11) is 0. The Morgan fingerprint density at radius 3 is 2.46 bits per heavy atom. The second kappa shape index (κ2) is 3.32. The predicted molar refractivity (Wildman–Crippen MR) is 42.4 cm³/mol. The van der Waals surface area contributed by atoms with E-state index >= 15 is 0 Å². The Balaban J connectivity index is 3.15. The molecule has 0 fully saturated rings. The third-order valence-corrected chi connectivity index (χ3v) is 1.57. The fourth-order valence-corrected chi connectivity index (χ4v) is 0.902. The van der Waals surface area contributed by atoms with Crippen molar-refractivity contribution in [1.82, 2.24) is 0 Å². The van der Waals surface area contributed by atoms with Gasteiger partial charge in [-0.05, 0) is 6.07 Å². The van der Waals surface area contributed by atoms with Gasteiger partial charge in [0.2, 0.25) is 0 Å². The van der Waals surface area contributed by atoms with Crippen molar-refractivity contribution in [1.29, 1.82) is 0 Å². The van der Waals surface area contributed by atoms with Crippen LogP contribution in [0.4, 0.5) is 0 Å². The first-order chi connectivity index (χ1) is 6.04. The lowest BCUT2D eigenvalue weighted by Gasteiger charge is -2.08. The van der Waals surface area contributed by atoms with Crippen LogP contribution in [0.5, 0.6) is 11.5 Å². The minimum atomic E-state index is -1.83. The molecule has 1 rings (SSSR count).